The van der Waals surface area contributed by atoms with Gasteiger partial charge in [-0.1, -0.05) is 37.9 Å². The van der Waals surface area contributed by atoms with Gasteiger partial charge in [0.1, 0.15) is 0 Å². The summed E-state index contributed by atoms with van der Waals surface area (Å²) in [6.07, 6.45) is 0. The normalized spacial score (nSPS) is 10.1. The average molecular weight is 280 g/mol. The molecule has 0 aliphatic carbocycles. The van der Waals surface area contributed by atoms with Gasteiger partial charge in [0.2, 0.25) is 0 Å². The largest absolute Gasteiger partial charge is 0.271 e. The van der Waals surface area contributed by atoms with E-state index in [2.05, 4.69) is 37.3 Å². The standard InChI is InChI=1S/C7H8Br2N2/c8-6-2-1-5(4-11-10)7(9)3-6/h1-3,11H,4,10H2. The van der Waals surface area contributed by atoms with Gasteiger partial charge < -0.3 is 0 Å². The van der Waals surface area contributed by atoms with Gasteiger partial charge >= 0.3 is 0 Å². The number of hydrazine groups is 1. The Bertz CT molecular complexity index is 250. The van der Waals surface area contributed by atoms with E-state index < -0.39 is 0 Å². The first-order chi connectivity index (χ1) is 5.24. The number of halogens is 2. The van der Waals surface area contributed by atoms with Crippen LogP contribution in [-0.2, 0) is 6.54 Å². The molecule has 0 radical (unpaired) electrons. The summed E-state index contributed by atoms with van der Waals surface area (Å²) in [5.41, 5.74) is 3.75. The lowest BCUT2D eigenvalue weighted by Gasteiger charge is -2.02. The van der Waals surface area contributed by atoms with Crippen LogP contribution in [-0.4, -0.2) is 0 Å². The Morgan fingerprint density at radius 1 is 1.36 bits per heavy atom. The Kier molecular flexibility index (Phi) is 3.51. The predicted molar refractivity (Wildman–Crippen MR) is 52.9 cm³/mol. The molecule has 1 rings (SSSR count). The minimum atomic E-state index is 0.674. The van der Waals surface area contributed by atoms with Gasteiger partial charge in [-0.3, -0.25) is 11.3 Å². The zero-order valence-electron chi connectivity index (χ0n) is 5.77. The molecule has 0 aliphatic heterocycles. The van der Waals surface area contributed by atoms with Crippen LogP contribution in [0.5, 0.6) is 0 Å². The summed E-state index contributed by atoms with van der Waals surface area (Å²) in [6.45, 7) is 0.674. The van der Waals surface area contributed by atoms with E-state index in [-0.39, 0.29) is 0 Å². The fourth-order valence-corrected chi connectivity index (χ4v) is 1.96. The number of benzene rings is 1. The molecule has 0 saturated heterocycles. The van der Waals surface area contributed by atoms with Gasteiger partial charge in [-0.25, -0.2) is 0 Å². The second-order valence-corrected chi connectivity index (χ2v) is 3.89. The van der Waals surface area contributed by atoms with Gasteiger partial charge in [0.05, 0.1) is 0 Å². The van der Waals surface area contributed by atoms with E-state index in [1.54, 1.807) is 0 Å². The predicted octanol–water partition coefficient (Wildman–Crippen LogP) is 2.17. The summed E-state index contributed by atoms with van der Waals surface area (Å²) in [7, 11) is 0. The molecule has 0 saturated carbocycles. The molecule has 0 atom stereocenters. The maximum Gasteiger partial charge on any atom is 0.0359 e. The topological polar surface area (TPSA) is 38.0 Å². The fourth-order valence-electron chi connectivity index (χ4n) is 0.775. The lowest BCUT2D eigenvalue weighted by atomic mass is 10.2. The molecule has 0 unspecified atom stereocenters. The molecule has 0 heterocycles. The first kappa shape index (κ1) is 9.19. The van der Waals surface area contributed by atoms with Crippen LogP contribution in [0.15, 0.2) is 27.1 Å². The molecule has 0 aromatic heterocycles. The first-order valence-electron chi connectivity index (χ1n) is 3.11. The minimum Gasteiger partial charge on any atom is -0.271 e. The average Bonchev–Trinajstić information content (AvgIpc) is 1.95. The van der Waals surface area contributed by atoms with Crippen molar-refractivity contribution in [3.05, 3.63) is 32.7 Å². The van der Waals surface area contributed by atoms with Crippen LogP contribution in [0.25, 0.3) is 0 Å². The maximum absolute atomic E-state index is 5.18. The third kappa shape index (κ3) is 2.56. The lowest BCUT2D eigenvalue weighted by molar-refractivity contribution is 0.739. The van der Waals surface area contributed by atoms with Crippen LogP contribution in [0.4, 0.5) is 0 Å². The summed E-state index contributed by atoms with van der Waals surface area (Å²) in [6, 6.07) is 5.98. The molecule has 4 heteroatoms. The van der Waals surface area contributed by atoms with Gasteiger partial charge in [0, 0.05) is 15.5 Å². The van der Waals surface area contributed by atoms with E-state index >= 15 is 0 Å². The molecule has 11 heavy (non-hydrogen) atoms. The van der Waals surface area contributed by atoms with Crippen molar-refractivity contribution in [3.63, 3.8) is 0 Å². The van der Waals surface area contributed by atoms with Crippen LogP contribution in [0.1, 0.15) is 5.56 Å². The third-order valence-electron chi connectivity index (χ3n) is 1.31. The van der Waals surface area contributed by atoms with Crippen molar-refractivity contribution >= 4 is 31.9 Å². The number of hydrogen-bond donors (Lipinski definition) is 2. The molecule has 0 amide bonds. The van der Waals surface area contributed by atoms with Crippen LogP contribution < -0.4 is 11.3 Å². The van der Waals surface area contributed by atoms with Crippen molar-refractivity contribution in [3.8, 4) is 0 Å². The molecular weight excluding hydrogens is 272 g/mol. The van der Waals surface area contributed by atoms with Crippen molar-refractivity contribution in [2.45, 2.75) is 6.54 Å². The highest BCUT2D eigenvalue weighted by Crippen LogP contribution is 2.21. The van der Waals surface area contributed by atoms with E-state index in [1.165, 1.54) is 0 Å². The minimum absolute atomic E-state index is 0.674. The van der Waals surface area contributed by atoms with Crippen molar-refractivity contribution in [2.75, 3.05) is 0 Å². The number of rotatable bonds is 2. The molecular formula is C7H8Br2N2. The smallest absolute Gasteiger partial charge is 0.0359 e. The molecule has 1 aromatic carbocycles. The van der Waals surface area contributed by atoms with Crippen molar-refractivity contribution in [2.24, 2.45) is 5.84 Å². The van der Waals surface area contributed by atoms with E-state index in [1.807, 2.05) is 18.2 Å². The molecule has 60 valence electrons. The van der Waals surface area contributed by atoms with Gasteiger partial charge in [-0.05, 0) is 17.7 Å². The highest BCUT2D eigenvalue weighted by atomic mass is 79.9. The molecule has 2 nitrogen and oxygen atoms in total. The van der Waals surface area contributed by atoms with E-state index in [0.29, 0.717) is 6.54 Å². The van der Waals surface area contributed by atoms with Crippen LogP contribution >= 0.6 is 31.9 Å². The Morgan fingerprint density at radius 3 is 2.64 bits per heavy atom. The monoisotopic (exact) mass is 278 g/mol. The molecule has 0 bridgehead atoms. The Balaban J connectivity index is 2.90. The van der Waals surface area contributed by atoms with Crippen molar-refractivity contribution in [1.82, 2.24) is 5.43 Å². The number of hydrogen-bond acceptors (Lipinski definition) is 2. The van der Waals surface area contributed by atoms with E-state index in [4.69, 9.17) is 5.84 Å². The Morgan fingerprint density at radius 2 is 2.09 bits per heavy atom. The summed E-state index contributed by atoms with van der Waals surface area (Å²) in [4.78, 5) is 0. The van der Waals surface area contributed by atoms with Gasteiger partial charge in [0.15, 0.2) is 0 Å². The summed E-state index contributed by atoms with van der Waals surface area (Å²) < 4.78 is 2.12. The zero-order chi connectivity index (χ0) is 8.27. The summed E-state index contributed by atoms with van der Waals surface area (Å²) in [5, 5.41) is 0. The molecule has 0 fully saturated rings. The van der Waals surface area contributed by atoms with Crippen LogP contribution in [0, 0.1) is 0 Å². The summed E-state index contributed by atoms with van der Waals surface area (Å²) >= 11 is 6.79. The maximum atomic E-state index is 5.18. The number of nitrogens with two attached hydrogens (primary N) is 1. The van der Waals surface area contributed by atoms with Gasteiger partial charge in [-0.15, -0.1) is 0 Å². The van der Waals surface area contributed by atoms with E-state index in [9.17, 15) is 0 Å². The van der Waals surface area contributed by atoms with Crippen LogP contribution in [0.2, 0.25) is 0 Å². The van der Waals surface area contributed by atoms with Crippen molar-refractivity contribution in [1.29, 1.82) is 0 Å². The van der Waals surface area contributed by atoms with Crippen LogP contribution in [0.3, 0.4) is 0 Å². The number of nitrogens with one attached hydrogen (secondary N) is 1. The highest BCUT2D eigenvalue weighted by molar-refractivity contribution is 9.11. The highest BCUT2D eigenvalue weighted by Gasteiger charge is 1.97. The molecule has 3 N–H and O–H groups in total. The SMILES string of the molecule is NNCc1ccc(Br)cc1Br. The molecule has 0 aliphatic rings. The second-order valence-electron chi connectivity index (χ2n) is 2.12. The summed E-state index contributed by atoms with van der Waals surface area (Å²) in [5.74, 6) is 5.18. The second kappa shape index (κ2) is 4.21. The Labute approximate surface area is 82.4 Å². The van der Waals surface area contributed by atoms with Gasteiger partial charge in [0.25, 0.3) is 0 Å². The molecule has 0 spiro atoms. The van der Waals surface area contributed by atoms with Crippen molar-refractivity contribution < 1.29 is 0 Å². The fraction of sp³-hybridized carbons (Fsp3) is 0.143. The third-order valence-corrected chi connectivity index (χ3v) is 2.54. The quantitative estimate of drug-likeness (QED) is 0.643. The first-order valence-corrected chi connectivity index (χ1v) is 4.70. The zero-order valence-corrected chi connectivity index (χ0v) is 8.94. The van der Waals surface area contributed by atoms with E-state index in [0.717, 1.165) is 14.5 Å². The van der Waals surface area contributed by atoms with Gasteiger partial charge in [-0.2, -0.15) is 0 Å². The lowest BCUT2D eigenvalue weighted by Crippen LogP contribution is -2.20. The Hall–Kier alpha value is 0.1000. The molecule has 1 aromatic rings.